The van der Waals surface area contributed by atoms with E-state index in [2.05, 4.69) is 27.1 Å². The van der Waals surface area contributed by atoms with Gasteiger partial charge in [0, 0.05) is 44.0 Å². The lowest BCUT2D eigenvalue weighted by molar-refractivity contribution is -0.131. The Labute approximate surface area is 143 Å². The molecule has 3 amide bonds. The third kappa shape index (κ3) is 4.72. The molecular weight excluding hydrogens is 306 g/mol. The van der Waals surface area contributed by atoms with Crippen molar-refractivity contribution in [2.24, 2.45) is 5.92 Å². The number of carbonyl (C=O) groups excluding carboxylic acids is 2. The number of aromatic nitrogens is 2. The largest absolute Gasteiger partial charge is 0.338 e. The van der Waals surface area contributed by atoms with Gasteiger partial charge in [-0.3, -0.25) is 4.79 Å². The van der Waals surface area contributed by atoms with Crippen LogP contribution in [0.5, 0.6) is 0 Å². The van der Waals surface area contributed by atoms with Gasteiger partial charge in [0.05, 0.1) is 6.04 Å². The number of amides is 3. The Kier molecular flexibility index (Phi) is 5.51. The van der Waals surface area contributed by atoms with E-state index in [1.54, 1.807) is 6.20 Å². The molecule has 134 valence electrons. The van der Waals surface area contributed by atoms with Gasteiger partial charge in [0.15, 0.2) is 0 Å². The van der Waals surface area contributed by atoms with E-state index in [1.165, 1.54) is 0 Å². The maximum atomic E-state index is 12.1. The van der Waals surface area contributed by atoms with Gasteiger partial charge < -0.3 is 20.1 Å². The van der Waals surface area contributed by atoms with Gasteiger partial charge in [0.25, 0.3) is 0 Å². The predicted molar refractivity (Wildman–Crippen MR) is 92.5 cm³/mol. The normalized spacial score (nSPS) is 19.5. The summed E-state index contributed by atoms with van der Waals surface area (Å²) in [5.74, 6) is 1.36. The summed E-state index contributed by atoms with van der Waals surface area (Å²) >= 11 is 0. The van der Waals surface area contributed by atoms with Crippen molar-refractivity contribution in [2.75, 3.05) is 13.1 Å². The van der Waals surface area contributed by atoms with Crippen LogP contribution < -0.4 is 10.6 Å². The SMILES string of the molecule is Cc1nccn1C[C@H](C)CNC(=O)N[C@H]1CC(=O)N(C(C)(C)C)C1. The Hall–Kier alpha value is -2.05. The van der Waals surface area contributed by atoms with Gasteiger partial charge in [0.1, 0.15) is 5.82 Å². The fourth-order valence-electron chi connectivity index (χ4n) is 2.95. The molecule has 1 aromatic rings. The van der Waals surface area contributed by atoms with Crippen molar-refractivity contribution in [1.29, 1.82) is 0 Å². The van der Waals surface area contributed by atoms with Gasteiger partial charge in [-0.2, -0.15) is 0 Å². The lowest BCUT2D eigenvalue weighted by Crippen LogP contribution is -2.47. The van der Waals surface area contributed by atoms with Crippen molar-refractivity contribution >= 4 is 11.9 Å². The average Bonchev–Trinajstić information content (AvgIpc) is 3.03. The zero-order valence-corrected chi connectivity index (χ0v) is 15.3. The Bertz CT molecular complexity index is 590. The summed E-state index contributed by atoms with van der Waals surface area (Å²) in [5, 5.41) is 5.80. The molecule has 0 saturated carbocycles. The predicted octanol–water partition coefficient (Wildman–Crippen LogP) is 1.53. The lowest BCUT2D eigenvalue weighted by Gasteiger charge is -2.32. The second-order valence-corrected chi connectivity index (χ2v) is 7.66. The van der Waals surface area contributed by atoms with Crippen molar-refractivity contribution in [3.63, 3.8) is 0 Å². The molecular formula is C17H29N5O2. The molecule has 0 aliphatic carbocycles. The monoisotopic (exact) mass is 335 g/mol. The Morgan fingerprint density at radius 2 is 2.17 bits per heavy atom. The number of likely N-dealkylation sites (tertiary alicyclic amines) is 1. The molecule has 7 nitrogen and oxygen atoms in total. The summed E-state index contributed by atoms with van der Waals surface area (Å²) in [6.07, 6.45) is 4.09. The number of hydrogen-bond donors (Lipinski definition) is 2. The molecule has 1 saturated heterocycles. The number of aryl methyl sites for hydroxylation is 1. The second-order valence-electron chi connectivity index (χ2n) is 7.66. The van der Waals surface area contributed by atoms with Gasteiger partial charge in [-0.15, -0.1) is 0 Å². The van der Waals surface area contributed by atoms with Crippen LogP contribution in [0.3, 0.4) is 0 Å². The van der Waals surface area contributed by atoms with E-state index in [1.807, 2.05) is 38.8 Å². The zero-order chi connectivity index (χ0) is 17.9. The first-order valence-corrected chi connectivity index (χ1v) is 8.49. The molecule has 0 radical (unpaired) electrons. The first-order valence-electron chi connectivity index (χ1n) is 8.49. The van der Waals surface area contributed by atoms with Crippen LogP contribution >= 0.6 is 0 Å². The van der Waals surface area contributed by atoms with E-state index in [0.29, 0.717) is 25.4 Å². The molecule has 0 spiro atoms. The first-order chi connectivity index (χ1) is 11.2. The van der Waals surface area contributed by atoms with Crippen LogP contribution in [-0.2, 0) is 11.3 Å². The Morgan fingerprint density at radius 3 is 2.71 bits per heavy atom. The minimum Gasteiger partial charge on any atom is -0.338 e. The van der Waals surface area contributed by atoms with Crippen LogP contribution in [0.1, 0.15) is 39.9 Å². The molecule has 1 aliphatic rings. The summed E-state index contributed by atoms with van der Waals surface area (Å²) in [6.45, 7) is 12.0. The molecule has 1 aliphatic heterocycles. The van der Waals surface area contributed by atoms with Gasteiger partial charge >= 0.3 is 6.03 Å². The zero-order valence-electron chi connectivity index (χ0n) is 15.3. The van der Waals surface area contributed by atoms with Gasteiger partial charge in [-0.05, 0) is 33.6 Å². The molecule has 7 heteroatoms. The van der Waals surface area contributed by atoms with E-state index in [4.69, 9.17) is 0 Å². The second kappa shape index (κ2) is 7.23. The minimum absolute atomic E-state index is 0.0942. The smallest absolute Gasteiger partial charge is 0.315 e. The summed E-state index contributed by atoms with van der Waals surface area (Å²) in [7, 11) is 0. The maximum Gasteiger partial charge on any atom is 0.315 e. The van der Waals surface area contributed by atoms with Crippen molar-refractivity contribution < 1.29 is 9.59 Å². The van der Waals surface area contributed by atoms with Crippen molar-refractivity contribution in [3.05, 3.63) is 18.2 Å². The molecule has 2 atom stereocenters. The summed E-state index contributed by atoms with van der Waals surface area (Å²) in [6, 6.07) is -0.333. The highest BCUT2D eigenvalue weighted by molar-refractivity contribution is 5.82. The molecule has 1 fully saturated rings. The van der Waals surface area contributed by atoms with Crippen LogP contribution in [-0.4, -0.2) is 51.1 Å². The minimum atomic E-state index is -0.210. The van der Waals surface area contributed by atoms with E-state index < -0.39 is 0 Å². The summed E-state index contributed by atoms with van der Waals surface area (Å²) in [4.78, 5) is 30.1. The van der Waals surface area contributed by atoms with Crippen LogP contribution in [0, 0.1) is 12.8 Å². The van der Waals surface area contributed by atoms with Gasteiger partial charge in [-0.25, -0.2) is 9.78 Å². The van der Waals surface area contributed by atoms with Crippen LogP contribution in [0.2, 0.25) is 0 Å². The molecule has 0 bridgehead atoms. The number of nitrogens with zero attached hydrogens (tertiary/aromatic N) is 3. The van der Waals surface area contributed by atoms with Gasteiger partial charge in [0.2, 0.25) is 5.91 Å². The van der Waals surface area contributed by atoms with E-state index in [0.717, 1.165) is 12.4 Å². The third-order valence-corrected chi connectivity index (χ3v) is 4.31. The van der Waals surface area contributed by atoms with Crippen LogP contribution in [0.15, 0.2) is 12.4 Å². The number of nitrogens with one attached hydrogen (secondary N) is 2. The van der Waals surface area contributed by atoms with Crippen molar-refractivity contribution in [2.45, 2.75) is 59.2 Å². The Balaban J connectivity index is 1.74. The lowest BCUT2D eigenvalue weighted by atomic mass is 10.1. The average molecular weight is 335 g/mol. The number of rotatable bonds is 5. The maximum absolute atomic E-state index is 12.1. The third-order valence-electron chi connectivity index (χ3n) is 4.31. The number of urea groups is 1. The van der Waals surface area contributed by atoms with Crippen LogP contribution in [0.4, 0.5) is 4.79 Å². The molecule has 24 heavy (non-hydrogen) atoms. The highest BCUT2D eigenvalue weighted by atomic mass is 16.2. The number of imidazole rings is 1. The highest BCUT2D eigenvalue weighted by Gasteiger charge is 2.36. The molecule has 2 rings (SSSR count). The quantitative estimate of drug-likeness (QED) is 0.856. The van der Waals surface area contributed by atoms with E-state index >= 15 is 0 Å². The fraction of sp³-hybridized carbons (Fsp3) is 0.706. The van der Waals surface area contributed by atoms with Crippen molar-refractivity contribution in [1.82, 2.24) is 25.1 Å². The molecule has 0 unspecified atom stereocenters. The summed E-state index contributed by atoms with van der Waals surface area (Å²) in [5.41, 5.74) is -0.207. The fourth-order valence-corrected chi connectivity index (χ4v) is 2.95. The highest BCUT2D eigenvalue weighted by Crippen LogP contribution is 2.21. The van der Waals surface area contributed by atoms with Gasteiger partial charge in [-0.1, -0.05) is 6.92 Å². The number of carbonyl (C=O) groups is 2. The van der Waals surface area contributed by atoms with E-state index in [-0.39, 0.29) is 23.5 Å². The summed E-state index contributed by atoms with van der Waals surface area (Å²) < 4.78 is 2.07. The standard InChI is InChI=1S/C17H29N5O2/c1-12(10-21-7-6-18-13(21)2)9-19-16(24)20-14-8-15(23)22(11-14)17(3,4)5/h6-7,12,14H,8-11H2,1-5H3,(H2,19,20,24)/t12-,14+/m1/s1. The molecule has 1 aromatic heterocycles. The van der Waals surface area contributed by atoms with Crippen molar-refractivity contribution in [3.8, 4) is 0 Å². The Morgan fingerprint density at radius 1 is 1.46 bits per heavy atom. The molecule has 2 N–H and O–H groups in total. The first kappa shape index (κ1) is 18.3. The topological polar surface area (TPSA) is 79.3 Å². The van der Waals surface area contributed by atoms with E-state index in [9.17, 15) is 9.59 Å². The molecule has 0 aromatic carbocycles. The number of hydrogen-bond acceptors (Lipinski definition) is 3. The molecule has 2 heterocycles. The van der Waals surface area contributed by atoms with Crippen LogP contribution in [0.25, 0.3) is 0 Å².